The van der Waals surface area contributed by atoms with E-state index in [9.17, 15) is 8.42 Å². The molecular formula is C20H33NO2S. The molecule has 0 atom stereocenters. The van der Waals surface area contributed by atoms with E-state index < -0.39 is 10.0 Å². The zero-order chi connectivity index (χ0) is 17.3. The third kappa shape index (κ3) is 6.56. The number of hydrogen-bond acceptors (Lipinski definition) is 2. The van der Waals surface area contributed by atoms with Crippen LogP contribution in [0.2, 0.25) is 0 Å². The molecule has 0 spiro atoms. The Bertz CT molecular complexity index is 558. The van der Waals surface area contributed by atoms with E-state index in [1.807, 2.05) is 12.1 Å². The minimum absolute atomic E-state index is 0.101. The summed E-state index contributed by atoms with van der Waals surface area (Å²) in [5.41, 5.74) is 1.23. The molecule has 0 bridgehead atoms. The third-order valence-corrected chi connectivity index (χ3v) is 6.52. The van der Waals surface area contributed by atoms with Gasteiger partial charge in [0.25, 0.3) is 0 Å². The van der Waals surface area contributed by atoms with Gasteiger partial charge < -0.3 is 0 Å². The van der Waals surface area contributed by atoms with Crippen LogP contribution < -0.4 is 4.72 Å². The van der Waals surface area contributed by atoms with Gasteiger partial charge in [0.2, 0.25) is 10.0 Å². The van der Waals surface area contributed by atoms with Crippen molar-refractivity contribution in [2.45, 2.75) is 94.9 Å². The van der Waals surface area contributed by atoms with Gasteiger partial charge in [-0.3, -0.25) is 0 Å². The van der Waals surface area contributed by atoms with Gasteiger partial charge in [0.1, 0.15) is 0 Å². The summed E-state index contributed by atoms with van der Waals surface area (Å²) in [4.78, 5) is 0.405. The van der Waals surface area contributed by atoms with Crippen LogP contribution in [0, 0.1) is 0 Å². The fourth-order valence-electron chi connectivity index (χ4n) is 3.45. The largest absolute Gasteiger partial charge is 0.240 e. The minimum atomic E-state index is -3.38. The monoisotopic (exact) mass is 351 g/mol. The summed E-state index contributed by atoms with van der Waals surface area (Å²) in [5.74, 6) is 0. The van der Waals surface area contributed by atoms with E-state index in [2.05, 4.69) is 11.6 Å². The molecule has 136 valence electrons. The SMILES string of the molecule is CCCCCCc1ccc(S(=O)(=O)NC2CCCCCCC2)cc1. The summed E-state index contributed by atoms with van der Waals surface area (Å²) in [6, 6.07) is 7.57. The Kier molecular flexibility index (Phi) is 8.26. The lowest BCUT2D eigenvalue weighted by atomic mass is 9.97. The van der Waals surface area contributed by atoms with Crippen molar-refractivity contribution in [1.29, 1.82) is 0 Å². The fraction of sp³-hybridized carbons (Fsp3) is 0.700. The Labute approximate surface area is 148 Å². The van der Waals surface area contributed by atoms with Gasteiger partial charge in [-0.2, -0.15) is 0 Å². The van der Waals surface area contributed by atoms with E-state index in [0.717, 1.165) is 32.1 Å². The van der Waals surface area contributed by atoms with Crippen LogP contribution in [0.5, 0.6) is 0 Å². The second-order valence-electron chi connectivity index (χ2n) is 7.12. The Morgan fingerprint density at radius 3 is 2.17 bits per heavy atom. The Morgan fingerprint density at radius 1 is 0.917 bits per heavy atom. The number of rotatable bonds is 8. The van der Waals surface area contributed by atoms with Gasteiger partial charge in [0.15, 0.2) is 0 Å². The minimum Gasteiger partial charge on any atom is -0.208 e. The van der Waals surface area contributed by atoms with E-state index in [0.29, 0.717) is 4.90 Å². The summed E-state index contributed by atoms with van der Waals surface area (Å²) in [5, 5.41) is 0. The second-order valence-corrected chi connectivity index (χ2v) is 8.83. The first-order valence-corrected chi connectivity index (χ1v) is 11.2. The molecule has 3 nitrogen and oxygen atoms in total. The average Bonchev–Trinajstić information content (AvgIpc) is 2.54. The van der Waals surface area contributed by atoms with Crippen molar-refractivity contribution < 1.29 is 8.42 Å². The Morgan fingerprint density at radius 2 is 1.54 bits per heavy atom. The number of benzene rings is 1. The first-order chi connectivity index (χ1) is 11.6. The van der Waals surface area contributed by atoms with Crippen molar-refractivity contribution in [2.75, 3.05) is 0 Å². The van der Waals surface area contributed by atoms with E-state index in [-0.39, 0.29) is 6.04 Å². The molecule has 0 unspecified atom stereocenters. The molecule has 1 aliphatic carbocycles. The Balaban J connectivity index is 1.90. The molecule has 1 aromatic carbocycles. The lowest BCUT2D eigenvalue weighted by molar-refractivity contribution is 0.426. The molecule has 1 saturated carbocycles. The van der Waals surface area contributed by atoms with Crippen LogP contribution in [0.1, 0.15) is 83.1 Å². The van der Waals surface area contributed by atoms with Crippen LogP contribution in [0.25, 0.3) is 0 Å². The highest BCUT2D eigenvalue weighted by Gasteiger charge is 2.20. The number of aryl methyl sites for hydroxylation is 1. The highest BCUT2D eigenvalue weighted by atomic mass is 32.2. The smallest absolute Gasteiger partial charge is 0.208 e. The predicted octanol–water partition coefficient (Wildman–Crippen LogP) is 5.20. The van der Waals surface area contributed by atoms with E-state index >= 15 is 0 Å². The van der Waals surface area contributed by atoms with Gasteiger partial charge in [0, 0.05) is 6.04 Å². The van der Waals surface area contributed by atoms with Gasteiger partial charge >= 0.3 is 0 Å². The van der Waals surface area contributed by atoms with Crippen LogP contribution in [-0.4, -0.2) is 14.5 Å². The van der Waals surface area contributed by atoms with Gasteiger partial charge in [-0.25, -0.2) is 13.1 Å². The van der Waals surface area contributed by atoms with Crippen LogP contribution in [-0.2, 0) is 16.4 Å². The van der Waals surface area contributed by atoms with Gasteiger partial charge in [-0.05, 0) is 43.4 Å². The van der Waals surface area contributed by atoms with Crippen LogP contribution >= 0.6 is 0 Å². The van der Waals surface area contributed by atoms with E-state index in [1.54, 1.807) is 12.1 Å². The molecule has 2 rings (SSSR count). The van der Waals surface area contributed by atoms with E-state index in [1.165, 1.54) is 50.5 Å². The van der Waals surface area contributed by atoms with Crippen molar-refractivity contribution in [3.8, 4) is 0 Å². The molecule has 4 heteroatoms. The summed E-state index contributed by atoms with van der Waals surface area (Å²) in [6.07, 6.45) is 13.9. The molecule has 0 radical (unpaired) electrons. The van der Waals surface area contributed by atoms with Gasteiger partial charge in [-0.1, -0.05) is 70.4 Å². The summed E-state index contributed by atoms with van der Waals surface area (Å²) in [6.45, 7) is 2.21. The van der Waals surface area contributed by atoms with Gasteiger partial charge in [-0.15, -0.1) is 0 Å². The molecule has 1 fully saturated rings. The molecule has 1 aliphatic rings. The van der Waals surface area contributed by atoms with Crippen LogP contribution in [0.4, 0.5) is 0 Å². The van der Waals surface area contributed by atoms with Crippen molar-refractivity contribution in [2.24, 2.45) is 0 Å². The number of unbranched alkanes of at least 4 members (excludes halogenated alkanes) is 3. The fourth-order valence-corrected chi connectivity index (χ4v) is 4.76. The van der Waals surface area contributed by atoms with Crippen molar-refractivity contribution in [3.05, 3.63) is 29.8 Å². The average molecular weight is 352 g/mol. The van der Waals surface area contributed by atoms with Gasteiger partial charge in [0.05, 0.1) is 4.90 Å². The molecule has 1 N–H and O–H groups in total. The maximum atomic E-state index is 12.6. The third-order valence-electron chi connectivity index (χ3n) is 4.98. The standard InChI is InChI=1S/C20H33NO2S/c1-2-3-4-8-11-18-14-16-20(17-15-18)24(22,23)21-19-12-9-6-5-7-10-13-19/h14-17,19,21H,2-13H2,1H3. The first-order valence-electron chi connectivity index (χ1n) is 9.73. The molecule has 1 aromatic rings. The molecule has 0 aliphatic heterocycles. The lowest BCUT2D eigenvalue weighted by Gasteiger charge is -2.21. The summed E-state index contributed by atoms with van der Waals surface area (Å²) < 4.78 is 28.1. The van der Waals surface area contributed by atoms with Crippen molar-refractivity contribution >= 4 is 10.0 Å². The summed E-state index contributed by atoms with van der Waals surface area (Å²) in [7, 11) is -3.38. The zero-order valence-electron chi connectivity index (χ0n) is 15.1. The topological polar surface area (TPSA) is 46.2 Å². The maximum absolute atomic E-state index is 12.6. The van der Waals surface area contributed by atoms with Crippen LogP contribution in [0.15, 0.2) is 29.2 Å². The number of sulfonamides is 1. The van der Waals surface area contributed by atoms with Crippen molar-refractivity contribution in [3.63, 3.8) is 0 Å². The Hall–Kier alpha value is -0.870. The number of nitrogens with one attached hydrogen (secondary N) is 1. The molecule has 0 aromatic heterocycles. The molecule has 0 amide bonds. The quantitative estimate of drug-likeness (QED) is 0.654. The second kappa shape index (κ2) is 10.2. The summed E-state index contributed by atoms with van der Waals surface area (Å²) >= 11 is 0. The molecule has 0 heterocycles. The normalized spacial score (nSPS) is 17.4. The highest BCUT2D eigenvalue weighted by molar-refractivity contribution is 7.89. The van der Waals surface area contributed by atoms with Crippen molar-refractivity contribution in [1.82, 2.24) is 4.72 Å². The lowest BCUT2D eigenvalue weighted by Crippen LogP contribution is -2.35. The van der Waals surface area contributed by atoms with E-state index in [4.69, 9.17) is 0 Å². The molecular weight excluding hydrogens is 318 g/mol. The number of hydrogen-bond donors (Lipinski definition) is 1. The highest BCUT2D eigenvalue weighted by Crippen LogP contribution is 2.20. The van der Waals surface area contributed by atoms with Crippen LogP contribution in [0.3, 0.4) is 0 Å². The molecule has 24 heavy (non-hydrogen) atoms. The first kappa shape index (κ1) is 19.5. The maximum Gasteiger partial charge on any atom is 0.240 e. The molecule has 0 saturated heterocycles. The zero-order valence-corrected chi connectivity index (χ0v) is 15.9. The predicted molar refractivity (Wildman–Crippen MR) is 101 cm³/mol.